The lowest BCUT2D eigenvalue weighted by molar-refractivity contribution is 0.290. The molecule has 0 N–H and O–H groups in total. The third-order valence-electron chi connectivity index (χ3n) is 3.56. The summed E-state index contributed by atoms with van der Waals surface area (Å²) in [6.45, 7) is 7.29. The zero-order chi connectivity index (χ0) is 8.06. The van der Waals surface area contributed by atoms with Crippen LogP contribution < -0.4 is 0 Å². The van der Waals surface area contributed by atoms with E-state index in [0.29, 0.717) is 4.75 Å². The van der Waals surface area contributed by atoms with Crippen molar-refractivity contribution < 1.29 is 0 Å². The molecule has 1 heteroatoms. The maximum absolute atomic E-state index is 2.43. The van der Waals surface area contributed by atoms with E-state index < -0.39 is 0 Å². The average molecular weight is 170 g/mol. The molecule has 0 radical (unpaired) electrons. The Morgan fingerprint density at radius 2 is 2.00 bits per heavy atom. The topological polar surface area (TPSA) is 0 Å². The Morgan fingerprint density at radius 3 is 2.64 bits per heavy atom. The summed E-state index contributed by atoms with van der Waals surface area (Å²) in [6.07, 6.45) is 4.46. The monoisotopic (exact) mass is 170 g/mol. The average Bonchev–Trinajstić information content (AvgIpc) is 2.16. The minimum atomic E-state index is 0.593. The summed E-state index contributed by atoms with van der Waals surface area (Å²) in [7, 11) is 0. The van der Waals surface area contributed by atoms with Gasteiger partial charge in [0.25, 0.3) is 0 Å². The lowest BCUT2D eigenvalue weighted by Gasteiger charge is -2.26. The Bertz CT molecular complexity index is 162. The third kappa shape index (κ3) is 1.22. The predicted octanol–water partition coefficient (Wildman–Crippen LogP) is 3.32. The van der Waals surface area contributed by atoms with Crippen molar-refractivity contribution in [2.45, 2.75) is 50.0 Å². The van der Waals surface area contributed by atoms with Crippen LogP contribution in [0.15, 0.2) is 0 Å². The summed E-state index contributed by atoms with van der Waals surface area (Å²) >= 11 is 2.25. The van der Waals surface area contributed by atoms with E-state index in [1.807, 2.05) is 0 Å². The zero-order valence-electron chi connectivity index (χ0n) is 7.76. The second kappa shape index (κ2) is 2.42. The molecule has 11 heavy (non-hydrogen) atoms. The standard InChI is InChI=1S/C10H18S/c1-7-4-5-8-6-9(7)11-10(8,2)3/h7-9H,4-6H2,1-3H3/t7-,8?,9?/m0/s1. The van der Waals surface area contributed by atoms with Crippen LogP contribution in [0.1, 0.15) is 40.0 Å². The molecule has 0 aromatic rings. The fourth-order valence-electron chi connectivity index (χ4n) is 2.56. The molecule has 0 aromatic carbocycles. The highest BCUT2D eigenvalue weighted by Crippen LogP contribution is 2.55. The molecule has 0 spiro atoms. The van der Waals surface area contributed by atoms with Gasteiger partial charge in [0.1, 0.15) is 0 Å². The Labute approximate surface area is 74.1 Å². The van der Waals surface area contributed by atoms with Crippen molar-refractivity contribution in [1.82, 2.24) is 0 Å². The summed E-state index contributed by atoms with van der Waals surface area (Å²) < 4.78 is 0.593. The molecule has 1 heterocycles. The minimum absolute atomic E-state index is 0.593. The highest BCUT2D eigenvalue weighted by atomic mass is 32.2. The van der Waals surface area contributed by atoms with Gasteiger partial charge in [-0.15, -0.1) is 0 Å². The van der Waals surface area contributed by atoms with E-state index in [-0.39, 0.29) is 0 Å². The summed E-state index contributed by atoms with van der Waals surface area (Å²) in [4.78, 5) is 0. The number of hydrogen-bond acceptors (Lipinski definition) is 1. The van der Waals surface area contributed by atoms with Crippen molar-refractivity contribution in [3.63, 3.8) is 0 Å². The second-order valence-corrected chi connectivity index (χ2v) is 6.64. The third-order valence-corrected chi connectivity index (χ3v) is 5.46. The lowest BCUT2D eigenvalue weighted by atomic mass is 9.78. The van der Waals surface area contributed by atoms with Gasteiger partial charge in [-0.25, -0.2) is 0 Å². The normalized spacial score (nSPS) is 47.7. The summed E-state index contributed by atoms with van der Waals surface area (Å²) in [5, 5.41) is 0.990. The number of fused-ring (bicyclic) bond motifs is 2. The second-order valence-electron chi connectivity index (χ2n) is 4.75. The van der Waals surface area contributed by atoms with Crippen LogP contribution in [0.3, 0.4) is 0 Å². The molecule has 0 aromatic heterocycles. The Hall–Kier alpha value is 0.350. The summed E-state index contributed by atoms with van der Waals surface area (Å²) in [6, 6.07) is 0. The maximum atomic E-state index is 2.43. The molecule has 64 valence electrons. The molecule has 2 rings (SSSR count). The zero-order valence-corrected chi connectivity index (χ0v) is 8.58. The van der Waals surface area contributed by atoms with Crippen LogP contribution in [-0.4, -0.2) is 10.00 Å². The fourth-order valence-corrected chi connectivity index (χ4v) is 4.45. The van der Waals surface area contributed by atoms with Gasteiger partial charge >= 0.3 is 0 Å². The van der Waals surface area contributed by atoms with Crippen LogP contribution in [0.2, 0.25) is 0 Å². The predicted molar refractivity (Wildman–Crippen MR) is 52.0 cm³/mol. The van der Waals surface area contributed by atoms with Crippen LogP contribution in [0.5, 0.6) is 0 Å². The number of hydrogen-bond donors (Lipinski definition) is 0. The van der Waals surface area contributed by atoms with Crippen molar-refractivity contribution >= 4 is 11.8 Å². The Balaban J connectivity index is 2.16. The van der Waals surface area contributed by atoms with Crippen LogP contribution in [-0.2, 0) is 0 Å². The highest BCUT2D eigenvalue weighted by Gasteiger charge is 2.45. The van der Waals surface area contributed by atoms with E-state index in [4.69, 9.17) is 0 Å². The van der Waals surface area contributed by atoms with Crippen LogP contribution >= 0.6 is 11.8 Å². The molecule has 1 saturated heterocycles. The quantitative estimate of drug-likeness (QED) is 0.537. The molecule has 1 aliphatic carbocycles. The molecule has 2 aliphatic rings. The van der Waals surface area contributed by atoms with Gasteiger partial charge in [-0.05, 0) is 31.1 Å². The van der Waals surface area contributed by atoms with Crippen molar-refractivity contribution in [2.75, 3.05) is 0 Å². The molecule has 3 atom stereocenters. The number of thioether (sulfide) groups is 1. The first kappa shape index (κ1) is 7.97. The molecule has 2 unspecified atom stereocenters. The van der Waals surface area contributed by atoms with Crippen LogP contribution in [0, 0.1) is 11.8 Å². The molecule has 0 amide bonds. The lowest BCUT2D eigenvalue weighted by Crippen LogP contribution is -2.23. The van der Waals surface area contributed by atoms with Crippen LogP contribution in [0.25, 0.3) is 0 Å². The molecule has 1 saturated carbocycles. The summed E-state index contributed by atoms with van der Waals surface area (Å²) in [5.74, 6) is 2.01. The van der Waals surface area contributed by atoms with Gasteiger partial charge in [0.15, 0.2) is 0 Å². The van der Waals surface area contributed by atoms with Gasteiger partial charge in [-0.2, -0.15) is 11.8 Å². The largest absolute Gasteiger partial charge is 0.152 e. The van der Waals surface area contributed by atoms with E-state index in [0.717, 1.165) is 17.1 Å². The maximum Gasteiger partial charge on any atom is 0.0135 e. The van der Waals surface area contributed by atoms with Gasteiger partial charge in [0.05, 0.1) is 0 Å². The molecular weight excluding hydrogens is 152 g/mol. The Morgan fingerprint density at radius 1 is 1.27 bits per heavy atom. The smallest absolute Gasteiger partial charge is 0.0135 e. The molecule has 2 bridgehead atoms. The van der Waals surface area contributed by atoms with Crippen molar-refractivity contribution in [2.24, 2.45) is 11.8 Å². The van der Waals surface area contributed by atoms with Crippen molar-refractivity contribution in [3.8, 4) is 0 Å². The Kier molecular flexibility index (Phi) is 1.75. The molecule has 2 fully saturated rings. The first-order valence-electron chi connectivity index (χ1n) is 4.77. The van der Waals surface area contributed by atoms with Gasteiger partial charge in [-0.3, -0.25) is 0 Å². The van der Waals surface area contributed by atoms with Gasteiger partial charge in [0, 0.05) is 10.00 Å². The summed E-state index contributed by atoms with van der Waals surface area (Å²) in [5.41, 5.74) is 0. The molecular formula is C10H18S. The minimum Gasteiger partial charge on any atom is -0.152 e. The highest BCUT2D eigenvalue weighted by molar-refractivity contribution is 8.01. The van der Waals surface area contributed by atoms with Crippen LogP contribution in [0.4, 0.5) is 0 Å². The molecule has 1 aliphatic heterocycles. The molecule has 0 nitrogen and oxygen atoms in total. The van der Waals surface area contributed by atoms with Crippen molar-refractivity contribution in [3.05, 3.63) is 0 Å². The van der Waals surface area contributed by atoms with E-state index in [1.165, 1.54) is 19.3 Å². The van der Waals surface area contributed by atoms with E-state index in [9.17, 15) is 0 Å². The first-order valence-corrected chi connectivity index (χ1v) is 5.65. The first-order chi connectivity index (χ1) is 5.09. The van der Waals surface area contributed by atoms with Gasteiger partial charge in [0.2, 0.25) is 0 Å². The van der Waals surface area contributed by atoms with Gasteiger partial charge < -0.3 is 0 Å². The van der Waals surface area contributed by atoms with E-state index in [1.54, 1.807) is 0 Å². The SMILES string of the molecule is C[C@H]1CCC2CC1SC2(C)C. The van der Waals surface area contributed by atoms with E-state index in [2.05, 4.69) is 32.5 Å². The fraction of sp³-hybridized carbons (Fsp3) is 1.00. The van der Waals surface area contributed by atoms with Crippen molar-refractivity contribution in [1.29, 1.82) is 0 Å². The number of rotatable bonds is 0. The van der Waals surface area contributed by atoms with Gasteiger partial charge in [-0.1, -0.05) is 20.8 Å². The van der Waals surface area contributed by atoms with E-state index >= 15 is 0 Å².